The smallest absolute Gasteiger partial charge is 0.271 e. The zero-order valence-electron chi connectivity index (χ0n) is 10.7. The van der Waals surface area contributed by atoms with Crippen LogP contribution in [0.5, 0.6) is 0 Å². The highest BCUT2D eigenvalue weighted by molar-refractivity contribution is 5.95. The third kappa shape index (κ3) is 3.39. The summed E-state index contributed by atoms with van der Waals surface area (Å²) in [4.78, 5) is 21.4. The normalized spacial score (nSPS) is 18.5. The minimum absolute atomic E-state index is 0.0124. The third-order valence-corrected chi connectivity index (χ3v) is 3.18. The van der Waals surface area contributed by atoms with Gasteiger partial charge in [-0.25, -0.2) is 9.97 Å². The molecule has 1 aromatic heterocycles. The minimum atomic E-state index is -0.606. The maximum atomic E-state index is 11.4. The van der Waals surface area contributed by atoms with Gasteiger partial charge in [-0.15, -0.1) is 0 Å². The van der Waals surface area contributed by atoms with Crippen molar-refractivity contribution >= 4 is 11.7 Å². The molecule has 2 heterocycles. The molecule has 4 N–H and O–H groups in total. The molecule has 0 saturated carbocycles. The number of rotatable bonds is 6. The number of aromatic nitrogens is 2. The van der Waals surface area contributed by atoms with Gasteiger partial charge in [0.1, 0.15) is 0 Å². The summed E-state index contributed by atoms with van der Waals surface area (Å²) in [6.07, 6.45) is 5.18. The Morgan fingerprint density at radius 3 is 2.95 bits per heavy atom. The summed E-state index contributed by atoms with van der Waals surface area (Å²) in [5.74, 6) is -0.164. The van der Waals surface area contributed by atoms with Crippen LogP contribution < -0.4 is 16.0 Å². The van der Waals surface area contributed by atoms with E-state index in [2.05, 4.69) is 15.3 Å². The first-order chi connectivity index (χ1) is 9.22. The van der Waals surface area contributed by atoms with E-state index in [1.54, 1.807) is 0 Å². The number of anilines is 1. The number of hydrogen-bond donors (Lipinski definition) is 3. The van der Waals surface area contributed by atoms with Crippen LogP contribution in [0.2, 0.25) is 0 Å². The number of carbonyl (C=O) groups excluding carboxylic acids is 1. The number of aliphatic hydroxyl groups excluding tert-OH is 1. The molecule has 0 bridgehead atoms. The van der Waals surface area contributed by atoms with Gasteiger partial charge in [0.2, 0.25) is 0 Å². The fourth-order valence-electron chi connectivity index (χ4n) is 2.32. The van der Waals surface area contributed by atoms with E-state index in [-0.39, 0.29) is 12.3 Å². The summed E-state index contributed by atoms with van der Waals surface area (Å²) >= 11 is 0. The van der Waals surface area contributed by atoms with Gasteiger partial charge < -0.3 is 21.1 Å². The molecule has 7 heteroatoms. The van der Waals surface area contributed by atoms with Crippen LogP contribution in [-0.4, -0.2) is 53.3 Å². The van der Waals surface area contributed by atoms with Gasteiger partial charge in [-0.2, -0.15) is 0 Å². The van der Waals surface area contributed by atoms with Gasteiger partial charge in [0.05, 0.1) is 6.61 Å². The Kier molecular flexibility index (Phi) is 4.64. The van der Waals surface area contributed by atoms with Gasteiger partial charge in [0.15, 0.2) is 11.5 Å². The summed E-state index contributed by atoms with van der Waals surface area (Å²) in [6.45, 7) is 2.07. The molecule has 0 spiro atoms. The fraction of sp³-hybridized carbons (Fsp3) is 0.583. The van der Waals surface area contributed by atoms with Crippen LogP contribution in [0.3, 0.4) is 0 Å². The highest BCUT2D eigenvalue weighted by atomic mass is 16.3. The Labute approximate surface area is 111 Å². The summed E-state index contributed by atoms with van der Waals surface area (Å²) in [5.41, 5.74) is 5.46. The van der Waals surface area contributed by atoms with Crippen LogP contribution in [0, 0.1) is 0 Å². The van der Waals surface area contributed by atoms with Crippen LogP contribution in [0.1, 0.15) is 23.3 Å². The zero-order valence-corrected chi connectivity index (χ0v) is 10.7. The van der Waals surface area contributed by atoms with Crippen molar-refractivity contribution in [2.75, 3.05) is 31.1 Å². The number of primary amides is 1. The highest BCUT2D eigenvalue weighted by Crippen LogP contribution is 2.16. The number of nitrogens with one attached hydrogen (secondary N) is 1. The molecule has 19 heavy (non-hydrogen) atoms. The maximum absolute atomic E-state index is 11.4. The lowest BCUT2D eigenvalue weighted by Crippen LogP contribution is -2.40. The molecule has 1 saturated heterocycles. The molecule has 0 aromatic carbocycles. The molecule has 1 aliphatic rings. The van der Waals surface area contributed by atoms with Crippen molar-refractivity contribution in [3.8, 4) is 0 Å². The van der Waals surface area contributed by atoms with Gasteiger partial charge in [0, 0.05) is 31.5 Å². The number of amides is 1. The number of nitrogens with two attached hydrogens (primary N) is 1. The van der Waals surface area contributed by atoms with Gasteiger partial charge in [-0.05, 0) is 19.4 Å². The second-order valence-corrected chi connectivity index (χ2v) is 4.56. The average Bonchev–Trinajstić information content (AvgIpc) is 2.91. The SMILES string of the molecule is NC(=O)c1nccnc1N(CCO)CC1CCCN1. The van der Waals surface area contributed by atoms with Crippen molar-refractivity contribution in [1.29, 1.82) is 0 Å². The van der Waals surface area contributed by atoms with Crippen molar-refractivity contribution in [1.82, 2.24) is 15.3 Å². The van der Waals surface area contributed by atoms with Crippen LogP contribution >= 0.6 is 0 Å². The number of aliphatic hydroxyl groups is 1. The number of nitrogens with zero attached hydrogens (tertiary/aromatic N) is 3. The van der Waals surface area contributed by atoms with Crippen molar-refractivity contribution in [2.24, 2.45) is 5.73 Å². The van der Waals surface area contributed by atoms with E-state index in [1.165, 1.54) is 12.4 Å². The Morgan fingerprint density at radius 1 is 1.53 bits per heavy atom. The molecule has 0 radical (unpaired) electrons. The molecule has 2 rings (SSSR count). The van der Waals surface area contributed by atoms with Crippen LogP contribution in [-0.2, 0) is 0 Å². The Morgan fingerprint density at radius 2 is 2.32 bits per heavy atom. The zero-order chi connectivity index (χ0) is 13.7. The third-order valence-electron chi connectivity index (χ3n) is 3.18. The molecule has 7 nitrogen and oxygen atoms in total. The molecule has 1 unspecified atom stereocenters. The Bertz CT molecular complexity index is 434. The van der Waals surface area contributed by atoms with Crippen molar-refractivity contribution < 1.29 is 9.90 Å². The Hall–Kier alpha value is -1.73. The lowest BCUT2D eigenvalue weighted by Gasteiger charge is -2.26. The average molecular weight is 265 g/mol. The maximum Gasteiger partial charge on any atom is 0.271 e. The molecule has 104 valence electrons. The second kappa shape index (κ2) is 6.44. The van der Waals surface area contributed by atoms with E-state index >= 15 is 0 Å². The quantitative estimate of drug-likeness (QED) is 0.617. The van der Waals surface area contributed by atoms with Crippen molar-refractivity contribution in [2.45, 2.75) is 18.9 Å². The predicted octanol–water partition coefficient (Wildman–Crippen LogP) is -0.874. The van der Waals surface area contributed by atoms with E-state index in [1.807, 2.05) is 4.90 Å². The Balaban J connectivity index is 2.19. The lowest BCUT2D eigenvalue weighted by molar-refractivity contribution is 0.0995. The molecule has 1 aromatic rings. The van der Waals surface area contributed by atoms with Crippen LogP contribution in [0.15, 0.2) is 12.4 Å². The van der Waals surface area contributed by atoms with Crippen molar-refractivity contribution in [3.63, 3.8) is 0 Å². The fourth-order valence-corrected chi connectivity index (χ4v) is 2.32. The first-order valence-corrected chi connectivity index (χ1v) is 6.42. The molecule has 1 fully saturated rings. The van der Waals surface area contributed by atoms with Gasteiger partial charge in [-0.3, -0.25) is 4.79 Å². The van der Waals surface area contributed by atoms with E-state index in [0.29, 0.717) is 24.9 Å². The van der Waals surface area contributed by atoms with Crippen molar-refractivity contribution in [3.05, 3.63) is 18.1 Å². The largest absolute Gasteiger partial charge is 0.395 e. The summed E-state index contributed by atoms with van der Waals surface area (Å²) < 4.78 is 0. The minimum Gasteiger partial charge on any atom is -0.395 e. The van der Waals surface area contributed by atoms with Crippen LogP contribution in [0.25, 0.3) is 0 Å². The van der Waals surface area contributed by atoms with E-state index in [0.717, 1.165) is 19.4 Å². The summed E-state index contributed by atoms with van der Waals surface area (Å²) in [5, 5.41) is 12.6. The standard InChI is InChI=1S/C12H19N5O2/c13-11(19)10-12(16-5-4-15-10)17(6-7-18)8-9-2-1-3-14-9/h4-5,9,14,18H,1-3,6-8H2,(H2,13,19). The molecule has 1 amide bonds. The first kappa shape index (κ1) is 13.7. The number of hydrogen-bond acceptors (Lipinski definition) is 6. The van der Waals surface area contributed by atoms with Gasteiger partial charge >= 0.3 is 0 Å². The first-order valence-electron chi connectivity index (χ1n) is 6.42. The van der Waals surface area contributed by atoms with E-state index < -0.39 is 5.91 Å². The molecule has 1 atom stereocenters. The second-order valence-electron chi connectivity index (χ2n) is 4.56. The highest BCUT2D eigenvalue weighted by Gasteiger charge is 2.22. The molecular weight excluding hydrogens is 246 g/mol. The summed E-state index contributed by atoms with van der Waals surface area (Å²) in [6, 6.07) is 0.342. The van der Waals surface area contributed by atoms with Crippen LogP contribution in [0.4, 0.5) is 5.82 Å². The summed E-state index contributed by atoms with van der Waals surface area (Å²) in [7, 11) is 0. The molecule has 0 aliphatic carbocycles. The molecule has 1 aliphatic heterocycles. The van der Waals surface area contributed by atoms with E-state index in [4.69, 9.17) is 5.73 Å². The number of carbonyl (C=O) groups is 1. The lowest BCUT2D eigenvalue weighted by atomic mass is 10.2. The topological polar surface area (TPSA) is 104 Å². The van der Waals surface area contributed by atoms with Gasteiger partial charge in [0.25, 0.3) is 5.91 Å². The van der Waals surface area contributed by atoms with E-state index in [9.17, 15) is 9.90 Å². The molecular formula is C12H19N5O2. The predicted molar refractivity (Wildman–Crippen MR) is 70.9 cm³/mol. The monoisotopic (exact) mass is 265 g/mol. The van der Waals surface area contributed by atoms with Gasteiger partial charge in [-0.1, -0.05) is 0 Å².